The van der Waals surface area contributed by atoms with Crippen LogP contribution in [0.25, 0.3) is 0 Å². The molecule has 1 atom stereocenters. The molecular weight excluding hydrogens is 288 g/mol. The molecule has 0 aromatic heterocycles. The van der Waals surface area contributed by atoms with Crippen LogP contribution >= 0.6 is 0 Å². The average molecular weight is 316 g/mol. The Morgan fingerprint density at radius 1 is 1.48 bits per heavy atom. The SMILES string of the molecule is C=CC(C)NCc1cccc2c1N(C(=O)OC(C)(C)C)CCC2. The second-order valence-electron chi connectivity index (χ2n) is 7.07. The Morgan fingerprint density at radius 3 is 2.87 bits per heavy atom. The summed E-state index contributed by atoms with van der Waals surface area (Å²) in [5, 5.41) is 3.41. The third kappa shape index (κ3) is 4.58. The predicted octanol–water partition coefficient (Wildman–Crippen LogP) is 4.04. The van der Waals surface area contributed by atoms with Gasteiger partial charge in [0.1, 0.15) is 5.60 Å². The highest BCUT2D eigenvalue weighted by Gasteiger charge is 2.28. The molecule has 1 aromatic rings. The summed E-state index contributed by atoms with van der Waals surface area (Å²) in [5.41, 5.74) is 2.87. The number of anilines is 1. The smallest absolute Gasteiger partial charge is 0.414 e. The summed E-state index contributed by atoms with van der Waals surface area (Å²) in [6.45, 7) is 13.0. The average Bonchev–Trinajstić information content (AvgIpc) is 2.50. The molecule has 23 heavy (non-hydrogen) atoms. The van der Waals surface area contributed by atoms with Gasteiger partial charge in [-0.3, -0.25) is 4.90 Å². The highest BCUT2D eigenvalue weighted by atomic mass is 16.6. The quantitative estimate of drug-likeness (QED) is 0.852. The van der Waals surface area contributed by atoms with Crippen LogP contribution in [0.2, 0.25) is 0 Å². The van der Waals surface area contributed by atoms with Crippen LogP contribution in [-0.4, -0.2) is 24.3 Å². The maximum Gasteiger partial charge on any atom is 0.414 e. The van der Waals surface area contributed by atoms with E-state index < -0.39 is 5.60 Å². The molecule has 0 saturated carbocycles. The van der Waals surface area contributed by atoms with Crippen molar-refractivity contribution in [1.82, 2.24) is 5.32 Å². The van der Waals surface area contributed by atoms with Gasteiger partial charge in [-0.25, -0.2) is 4.79 Å². The van der Waals surface area contributed by atoms with Crippen LogP contribution in [0.3, 0.4) is 0 Å². The van der Waals surface area contributed by atoms with Crippen LogP contribution < -0.4 is 10.2 Å². The van der Waals surface area contributed by atoms with Gasteiger partial charge in [-0.2, -0.15) is 0 Å². The van der Waals surface area contributed by atoms with Crippen molar-refractivity contribution in [2.24, 2.45) is 0 Å². The molecule has 1 unspecified atom stereocenters. The molecule has 4 heteroatoms. The van der Waals surface area contributed by atoms with E-state index in [0.717, 1.165) is 24.1 Å². The number of nitrogens with one attached hydrogen (secondary N) is 1. The Morgan fingerprint density at radius 2 is 2.22 bits per heavy atom. The van der Waals surface area contributed by atoms with Gasteiger partial charge >= 0.3 is 6.09 Å². The highest BCUT2D eigenvalue weighted by molar-refractivity contribution is 5.90. The van der Waals surface area contributed by atoms with Crippen molar-refractivity contribution in [3.63, 3.8) is 0 Å². The lowest BCUT2D eigenvalue weighted by molar-refractivity contribution is 0.0577. The normalized spacial score (nSPS) is 15.7. The maximum atomic E-state index is 12.6. The molecule has 1 amide bonds. The zero-order valence-electron chi connectivity index (χ0n) is 14.7. The first-order valence-corrected chi connectivity index (χ1v) is 8.29. The number of hydrogen-bond acceptors (Lipinski definition) is 3. The van der Waals surface area contributed by atoms with Crippen LogP contribution in [0.1, 0.15) is 45.2 Å². The van der Waals surface area contributed by atoms with Crippen LogP contribution in [0, 0.1) is 0 Å². The van der Waals surface area contributed by atoms with Crippen LogP contribution in [-0.2, 0) is 17.7 Å². The molecule has 4 nitrogen and oxygen atoms in total. The summed E-state index contributed by atoms with van der Waals surface area (Å²) in [6.07, 6.45) is 3.58. The molecular formula is C19H28N2O2. The number of carbonyl (C=O) groups is 1. The third-order valence-electron chi connectivity index (χ3n) is 3.88. The lowest BCUT2D eigenvalue weighted by Crippen LogP contribution is -2.40. The molecule has 126 valence electrons. The molecule has 0 saturated heterocycles. The second kappa shape index (κ2) is 7.18. The largest absolute Gasteiger partial charge is 0.443 e. The lowest BCUT2D eigenvalue weighted by Gasteiger charge is -2.33. The van der Waals surface area contributed by atoms with Gasteiger partial charge < -0.3 is 10.1 Å². The highest BCUT2D eigenvalue weighted by Crippen LogP contribution is 2.32. The van der Waals surface area contributed by atoms with E-state index in [1.54, 1.807) is 4.90 Å². The molecule has 2 rings (SSSR count). The summed E-state index contributed by atoms with van der Waals surface area (Å²) >= 11 is 0. The molecule has 1 aliphatic rings. The zero-order valence-corrected chi connectivity index (χ0v) is 14.7. The van der Waals surface area contributed by atoms with Crippen molar-refractivity contribution >= 4 is 11.8 Å². The van der Waals surface area contributed by atoms with E-state index in [1.807, 2.05) is 26.8 Å². The van der Waals surface area contributed by atoms with Crippen molar-refractivity contribution in [1.29, 1.82) is 0 Å². The molecule has 0 spiro atoms. The number of ether oxygens (including phenoxy) is 1. The summed E-state index contributed by atoms with van der Waals surface area (Å²) in [4.78, 5) is 14.4. The zero-order chi connectivity index (χ0) is 17.0. The fraction of sp³-hybridized carbons (Fsp3) is 0.526. The molecule has 0 bridgehead atoms. The molecule has 1 heterocycles. The first-order chi connectivity index (χ1) is 10.8. The van der Waals surface area contributed by atoms with Crippen molar-refractivity contribution in [3.05, 3.63) is 42.0 Å². The van der Waals surface area contributed by atoms with E-state index in [1.165, 1.54) is 5.56 Å². The van der Waals surface area contributed by atoms with E-state index in [4.69, 9.17) is 4.74 Å². The maximum absolute atomic E-state index is 12.6. The van der Waals surface area contributed by atoms with Gasteiger partial charge in [-0.05, 0) is 51.7 Å². The number of hydrogen-bond donors (Lipinski definition) is 1. The van der Waals surface area contributed by atoms with Gasteiger partial charge in [0.25, 0.3) is 0 Å². The van der Waals surface area contributed by atoms with Gasteiger partial charge in [0, 0.05) is 19.1 Å². The minimum absolute atomic E-state index is 0.226. The Bertz CT molecular complexity index is 575. The van der Waals surface area contributed by atoms with E-state index in [0.29, 0.717) is 13.1 Å². The summed E-state index contributed by atoms with van der Waals surface area (Å²) < 4.78 is 5.59. The van der Waals surface area contributed by atoms with E-state index in [9.17, 15) is 4.79 Å². The standard InChI is InChI=1S/C19H28N2O2/c1-6-14(2)20-13-16-10-7-9-15-11-8-12-21(17(15)16)18(22)23-19(3,4)5/h6-7,9-10,14,20H,1,8,11-13H2,2-5H3. The Kier molecular flexibility index (Phi) is 5.47. The first-order valence-electron chi connectivity index (χ1n) is 8.29. The van der Waals surface area contributed by atoms with Gasteiger partial charge in [0.05, 0.1) is 5.69 Å². The summed E-state index contributed by atoms with van der Waals surface area (Å²) in [6, 6.07) is 6.47. The predicted molar refractivity (Wildman–Crippen MR) is 94.8 cm³/mol. The fourth-order valence-electron chi connectivity index (χ4n) is 2.73. The Hall–Kier alpha value is -1.81. The minimum Gasteiger partial charge on any atom is -0.443 e. The number of aryl methyl sites for hydroxylation is 1. The van der Waals surface area contributed by atoms with E-state index in [-0.39, 0.29) is 12.1 Å². The van der Waals surface area contributed by atoms with Crippen molar-refractivity contribution in [2.75, 3.05) is 11.4 Å². The molecule has 1 N–H and O–H groups in total. The van der Waals surface area contributed by atoms with Crippen molar-refractivity contribution in [3.8, 4) is 0 Å². The number of rotatable bonds is 4. The lowest BCUT2D eigenvalue weighted by atomic mass is 9.97. The van der Waals surface area contributed by atoms with Gasteiger partial charge in [-0.1, -0.05) is 24.3 Å². The van der Waals surface area contributed by atoms with Gasteiger partial charge in [0.2, 0.25) is 0 Å². The molecule has 1 aromatic carbocycles. The molecule has 0 radical (unpaired) electrons. The second-order valence-corrected chi connectivity index (χ2v) is 7.07. The van der Waals surface area contributed by atoms with Crippen LogP contribution in [0.4, 0.5) is 10.5 Å². The summed E-state index contributed by atoms with van der Waals surface area (Å²) in [5.74, 6) is 0. The number of para-hydroxylation sites is 1. The van der Waals surface area contributed by atoms with Gasteiger partial charge in [-0.15, -0.1) is 6.58 Å². The Labute approximate surface area is 139 Å². The number of carbonyl (C=O) groups excluding carboxylic acids is 1. The first kappa shape index (κ1) is 17.5. The number of amides is 1. The van der Waals surface area contributed by atoms with Crippen molar-refractivity contribution in [2.45, 2.75) is 58.7 Å². The van der Waals surface area contributed by atoms with Gasteiger partial charge in [0.15, 0.2) is 0 Å². The monoisotopic (exact) mass is 316 g/mol. The number of nitrogens with zero attached hydrogens (tertiary/aromatic N) is 1. The fourth-order valence-corrected chi connectivity index (χ4v) is 2.73. The third-order valence-corrected chi connectivity index (χ3v) is 3.88. The minimum atomic E-state index is -0.487. The molecule has 1 aliphatic heterocycles. The Balaban J connectivity index is 2.27. The molecule has 0 fully saturated rings. The number of benzene rings is 1. The summed E-state index contributed by atoms with van der Waals surface area (Å²) in [7, 11) is 0. The van der Waals surface area contributed by atoms with E-state index in [2.05, 4.69) is 37.0 Å². The molecule has 0 aliphatic carbocycles. The van der Waals surface area contributed by atoms with Crippen LogP contribution in [0.15, 0.2) is 30.9 Å². The number of fused-ring (bicyclic) bond motifs is 1. The van der Waals surface area contributed by atoms with Crippen LogP contribution in [0.5, 0.6) is 0 Å². The van der Waals surface area contributed by atoms with Crippen molar-refractivity contribution < 1.29 is 9.53 Å². The van der Waals surface area contributed by atoms with E-state index >= 15 is 0 Å². The topological polar surface area (TPSA) is 41.6 Å².